The van der Waals surface area contributed by atoms with E-state index in [0.717, 1.165) is 6.07 Å². The van der Waals surface area contributed by atoms with Gasteiger partial charge in [0.15, 0.2) is 0 Å². The summed E-state index contributed by atoms with van der Waals surface area (Å²) in [5, 5.41) is 36.9. The number of aliphatic hydroxyl groups is 2. The van der Waals surface area contributed by atoms with Gasteiger partial charge in [-0.25, -0.2) is 4.79 Å². The molecule has 4 N–H and O–H groups in total. The third kappa shape index (κ3) is 2.66. The average molecular weight is 244 g/mol. The van der Waals surface area contributed by atoms with Gasteiger partial charge < -0.3 is 20.4 Å². The van der Waals surface area contributed by atoms with Gasteiger partial charge in [0.25, 0.3) is 0 Å². The maximum atomic E-state index is 10.6. The highest BCUT2D eigenvalue weighted by Gasteiger charge is 2.19. The van der Waals surface area contributed by atoms with Crippen LogP contribution in [0.3, 0.4) is 0 Å². The van der Waals surface area contributed by atoms with Crippen molar-refractivity contribution in [3.8, 4) is 5.75 Å². The van der Waals surface area contributed by atoms with E-state index in [9.17, 15) is 20.1 Å². The molecule has 0 bridgehead atoms. The van der Waals surface area contributed by atoms with E-state index in [1.807, 2.05) is 0 Å². The normalized spacial score (nSPS) is 14.4. The number of rotatable bonds is 4. The highest BCUT2D eigenvalue weighted by atomic mass is 32.1. The van der Waals surface area contributed by atoms with Crippen molar-refractivity contribution in [3.63, 3.8) is 0 Å². The van der Waals surface area contributed by atoms with Crippen molar-refractivity contribution in [1.29, 1.82) is 0 Å². The Morgan fingerprint density at radius 2 is 2.00 bits per heavy atom. The van der Waals surface area contributed by atoms with Crippen LogP contribution in [-0.4, -0.2) is 38.3 Å². The van der Waals surface area contributed by atoms with Crippen molar-refractivity contribution in [3.05, 3.63) is 29.3 Å². The maximum absolute atomic E-state index is 10.6. The zero-order chi connectivity index (χ0) is 12.3. The highest BCUT2D eigenvalue weighted by molar-refractivity contribution is 7.80. The van der Waals surface area contributed by atoms with Gasteiger partial charge in [0.1, 0.15) is 17.4 Å². The molecular formula is C10H12O5S. The fourth-order valence-electron chi connectivity index (χ4n) is 1.24. The molecule has 2 unspecified atom stereocenters. The fraction of sp³-hybridized carbons (Fsp3) is 0.300. The van der Waals surface area contributed by atoms with Gasteiger partial charge in [-0.05, 0) is 17.7 Å². The molecule has 1 aromatic carbocycles. The lowest BCUT2D eigenvalue weighted by Crippen LogP contribution is -2.19. The minimum absolute atomic E-state index is 0.0581. The third-order valence-electron chi connectivity index (χ3n) is 2.15. The topological polar surface area (TPSA) is 98.0 Å². The van der Waals surface area contributed by atoms with Crippen LogP contribution >= 0.6 is 12.6 Å². The first-order chi connectivity index (χ1) is 7.47. The van der Waals surface area contributed by atoms with Crippen LogP contribution in [0.2, 0.25) is 0 Å². The number of aromatic carboxylic acids is 1. The number of aromatic hydroxyl groups is 1. The Morgan fingerprint density at radius 3 is 2.44 bits per heavy atom. The maximum Gasteiger partial charge on any atom is 0.339 e. The number of aliphatic hydroxyl groups excluding tert-OH is 2. The molecule has 2 atom stereocenters. The van der Waals surface area contributed by atoms with Gasteiger partial charge in [-0.15, -0.1) is 0 Å². The molecule has 1 rings (SSSR count). The summed E-state index contributed by atoms with van der Waals surface area (Å²) in [4.78, 5) is 10.6. The smallest absolute Gasteiger partial charge is 0.339 e. The number of carbonyl (C=O) groups is 1. The summed E-state index contributed by atoms with van der Waals surface area (Å²) in [5.41, 5.74) is -0.0136. The SMILES string of the molecule is O=C(O)c1ccc(C(O)C(O)CS)cc1O. The molecule has 0 aromatic heterocycles. The molecule has 0 fully saturated rings. The van der Waals surface area contributed by atoms with Crippen LogP contribution in [0, 0.1) is 0 Å². The molecule has 0 spiro atoms. The van der Waals surface area contributed by atoms with Gasteiger partial charge in [-0.3, -0.25) is 0 Å². The van der Waals surface area contributed by atoms with Crippen molar-refractivity contribution < 1.29 is 25.2 Å². The number of carboxylic acid groups (broad SMARTS) is 1. The zero-order valence-electron chi connectivity index (χ0n) is 8.24. The molecule has 0 radical (unpaired) electrons. The predicted molar refractivity (Wildman–Crippen MR) is 59.9 cm³/mol. The van der Waals surface area contributed by atoms with Crippen LogP contribution in [0.5, 0.6) is 5.75 Å². The van der Waals surface area contributed by atoms with Gasteiger partial charge in [0.05, 0.1) is 6.10 Å². The van der Waals surface area contributed by atoms with E-state index in [-0.39, 0.29) is 16.9 Å². The molecule has 0 amide bonds. The average Bonchev–Trinajstić information content (AvgIpc) is 2.26. The van der Waals surface area contributed by atoms with Crippen LogP contribution in [0.15, 0.2) is 18.2 Å². The third-order valence-corrected chi connectivity index (χ3v) is 2.52. The van der Waals surface area contributed by atoms with Crippen molar-refractivity contribution in [1.82, 2.24) is 0 Å². The number of hydrogen-bond donors (Lipinski definition) is 5. The van der Waals surface area contributed by atoms with Gasteiger partial charge in [-0.2, -0.15) is 12.6 Å². The Labute approximate surface area is 97.4 Å². The number of phenols is 1. The van der Waals surface area contributed by atoms with Crippen molar-refractivity contribution in [2.45, 2.75) is 12.2 Å². The molecule has 1 aromatic rings. The van der Waals surface area contributed by atoms with Crippen molar-refractivity contribution in [2.24, 2.45) is 0 Å². The summed E-state index contributed by atoms with van der Waals surface area (Å²) in [7, 11) is 0. The van der Waals surface area contributed by atoms with E-state index in [1.165, 1.54) is 12.1 Å². The van der Waals surface area contributed by atoms with Gasteiger partial charge in [-0.1, -0.05) is 6.07 Å². The number of hydrogen-bond acceptors (Lipinski definition) is 5. The van der Waals surface area contributed by atoms with E-state index in [4.69, 9.17) is 5.11 Å². The van der Waals surface area contributed by atoms with Crippen LogP contribution in [-0.2, 0) is 0 Å². The molecule has 0 aliphatic carbocycles. The van der Waals surface area contributed by atoms with E-state index < -0.39 is 23.9 Å². The first-order valence-corrected chi connectivity index (χ1v) is 5.13. The Kier molecular flexibility index (Phi) is 4.17. The fourth-order valence-corrected chi connectivity index (χ4v) is 1.44. The van der Waals surface area contributed by atoms with Crippen LogP contribution in [0.1, 0.15) is 22.0 Å². The monoisotopic (exact) mass is 244 g/mol. The Bertz CT molecular complexity index is 393. The van der Waals surface area contributed by atoms with Crippen molar-refractivity contribution in [2.75, 3.05) is 5.75 Å². The zero-order valence-corrected chi connectivity index (χ0v) is 9.13. The van der Waals surface area contributed by atoms with Crippen LogP contribution in [0.25, 0.3) is 0 Å². The Morgan fingerprint density at radius 1 is 1.38 bits per heavy atom. The standard InChI is InChI=1S/C10H12O5S/c11-7-3-5(9(13)8(12)4-16)1-2-6(7)10(14)15/h1-3,8-9,11-13,16H,4H2,(H,14,15). The summed E-state index contributed by atoms with van der Waals surface area (Å²) in [6.45, 7) is 0. The molecular weight excluding hydrogens is 232 g/mol. The molecule has 5 nitrogen and oxygen atoms in total. The van der Waals surface area contributed by atoms with Crippen LogP contribution < -0.4 is 0 Å². The summed E-state index contributed by atoms with van der Waals surface area (Å²) in [5.74, 6) is -1.65. The highest BCUT2D eigenvalue weighted by Crippen LogP contribution is 2.25. The van der Waals surface area contributed by atoms with Gasteiger partial charge in [0, 0.05) is 5.75 Å². The van der Waals surface area contributed by atoms with E-state index in [1.54, 1.807) is 0 Å². The minimum atomic E-state index is -1.26. The largest absolute Gasteiger partial charge is 0.507 e. The summed E-state index contributed by atoms with van der Waals surface area (Å²) in [6.07, 6.45) is -2.27. The molecule has 88 valence electrons. The van der Waals surface area contributed by atoms with E-state index in [0.29, 0.717) is 0 Å². The summed E-state index contributed by atoms with van der Waals surface area (Å²) < 4.78 is 0. The molecule has 0 saturated carbocycles. The quantitative estimate of drug-likeness (QED) is 0.494. The Hall–Kier alpha value is -1.24. The Balaban J connectivity index is 3.01. The second kappa shape index (κ2) is 5.20. The molecule has 16 heavy (non-hydrogen) atoms. The lowest BCUT2D eigenvalue weighted by molar-refractivity contribution is 0.0336. The predicted octanol–water partition coefficient (Wildman–Crippen LogP) is 0.414. The number of carboxylic acids is 1. The second-order valence-corrected chi connectivity index (χ2v) is 3.64. The number of thiol groups is 1. The number of benzene rings is 1. The first-order valence-electron chi connectivity index (χ1n) is 4.50. The minimum Gasteiger partial charge on any atom is -0.507 e. The molecule has 0 saturated heterocycles. The van der Waals surface area contributed by atoms with Gasteiger partial charge in [0.2, 0.25) is 0 Å². The lowest BCUT2D eigenvalue weighted by Gasteiger charge is -2.16. The van der Waals surface area contributed by atoms with Crippen molar-refractivity contribution >= 4 is 18.6 Å². The second-order valence-electron chi connectivity index (χ2n) is 3.28. The van der Waals surface area contributed by atoms with Gasteiger partial charge >= 0.3 is 5.97 Å². The van der Waals surface area contributed by atoms with E-state index in [2.05, 4.69) is 12.6 Å². The molecule has 0 heterocycles. The molecule has 0 aliphatic heterocycles. The van der Waals surface area contributed by atoms with E-state index >= 15 is 0 Å². The first kappa shape index (κ1) is 12.8. The molecule has 6 heteroatoms. The summed E-state index contributed by atoms with van der Waals surface area (Å²) >= 11 is 3.82. The lowest BCUT2D eigenvalue weighted by atomic mass is 10.0. The molecule has 0 aliphatic rings. The van der Waals surface area contributed by atoms with Crippen LogP contribution in [0.4, 0.5) is 0 Å². The summed E-state index contributed by atoms with van der Waals surface area (Å²) in [6, 6.07) is 3.61.